The minimum atomic E-state index is -4.38. The molecule has 3 aliphatic rings. The van der Waals surface area contributed by atoms with Gasteiger partial charge >= 0.3 is 6.18 Å². The van der Waals surface area contributed by atoms with Gasteiger partial charge in [0.1, 0.15) is 0 Å². The monoisotopic (exact) mass is 519 g/mol. The third-order valence-electron chi connectivity index (χ3n) is 9.99. The van der Waals surface area contributed by atoms with Crippen molar-refractivity contribution < 1.29 is 22.7 Å². The molecule has 1 aromatic rings. The molecule has 2 saturated carbocycles. The number of allylic oxidation sites excluding steroid dienone is 2. The number of halogens is 3. The molecule has 37 heavy (non-hydrogen) atoms. The highest BCUT2D eigenvalue weighted by Gasteiger charge is 2.55. The summed E-state index contributed by atoms with van der Waals surface area (Å²) in [5.41, 5.74) is 0.438. The van der Waals surface area contributed by atoms with Gasteiger partial charge in [-0.1, -0.05) is 47.1 Å². The molecule has 4 rings (SSSR count). The molecule has 1 N–H and O–H groups in total. The van der Waals surface area contributed by atoms with Crippen molar-refractivity contribution in [3.63, 3.8) is 0 Å². The Morgan fingerprint density at radius 3 is 2.41 bits per heavy atom. The molecule has 2 fully saturated rings. The van der Waals surface area contributed by atoms with Gasteiger partial charge in [-0.25, -0.2) is 0 Å². The molecule has 0 aromatic heterocycles. The maximum absolute atomic E-state index is 13.5. The summed E-state index contributed by atoms with van der Waals surface area (Å²) < 4.78 is 45.9. The van der Waals surface area contributed by atoms with Gasteiger partial charge in [-0.2, -0.15) is 13.2 Å². The van der Waals surface area contributed by atoms with Crippen LogP contribution in [0.3, 0.4) is 0 Å². The van der Waals surface area contributed by atoms with Gasteiger partial charge in [-0.3, -0.25) is 4.79 Å². The molecule has 0 aliphatic heterocycles. The molecule has 0 spiro atoms. The smallest absolute Gasteiger partial charge is 0.416 e. The zero-order chi connectivity index (χ0) is 27.2. The SMILES string of the molecule is COC1=CC(=O)[C@@](C)(C2CC[C@]3(C)CCC[C@H]3C2CCNc2cc(C(F)(F)F)ccc2C(C)(C)C)CC1. The fourth-order valence-electron chi connectivity index (χ4n) is 7.79. The maximum Gasteiger partial charge on any atom is 0.416 e. The van der Waals surface area contributed by atoms with Gasteiger partial charge < -0.3 is 10.1 Å². The van der Waals surface area contributed by atoms with Crippen molar-refractivity contribution >= 4 is 11.5 Å². The zero-order valence-corrected chi connectivity index (χ0v) is 23.4. The van der Waals surface area contributed by atoms with Crippen LogP contribution >= 0.6 is 0 Å². The highest BCUT2D eigenvalue weighted by Crippen LogP contribution is 2.61. The molecule has 5 atom stereocenters. The van der Waals surface area contributed by atoms with Crippen molar-refractivity contribution in [3.05, 3.63) is 41.2 Å². The Bertz CT molecular complexity index is 1040. The highest BCUT2D eigenvalue weighted by molar-refractivity contribution is 5.96. The summed E-state index contributed by atoms with van der Waals surface area (Å²) in [6, 6.07) is 4.07. The van der Waals surface area contributed by atoms with Crippen LogP contribution in [0.15, 0.2) is 30.0 Å². The van der Waals surface area contributed by atoms with Gasteiger partial charge in [-0.05, 0) is 84.8 Å². The fourth-order valence-corrected chi connectivity index (χ4v) is 7.79. The summed E-state index contributed by atoms with van der Waals surface area (Å²) in [7, 11) is 1.63. The molecular weight excluding hydrogens is 475 g/mol. The van der Waals surface area contributed by atoms with Crippen molar-refractivity contribution in [2.24, 2.45) is 28.6 Å². The molecule has 3 aliphatic carbocycles. The largest absolute Gasteiger partial charge is 0.501 e. The number of carbonyl (C=O) groups is 1. The Hall–Kier alpha value is -1.98. The van der Waals surface area contributed by atoms with Gasteiger partial charge in [-0.15, -0.1) is 0 Å². The van der Waals surface area contributed by atoms with E-state index in [9.17, 15) is 18.0 Å². The van der Waals surface area contributed by atoms with Crippen molar-refractivity contribution in [1.82, 2.24) is 0 Å². The number of ketones is 1. The molecule has 0 radical (unpaired) electrons. The van der Waals surface area contributed by atoms with Crippen molar-refractivity contribution in [2.45, 2.75) is 97.6 Å². The van der Waals surface area contributed by atoms with E-state index in [0.29, 0.717) is 29.5 Å². The second-order valence-corrected chi connectivity index (χ2v) is 13.3. The van der Waals surface area contributed by atoms with Gasteiger partial charge in [0.15, 0.2) is 5.78 Å². The lowest BCUT2D eigenvalue weighted by Crippen LogP contribution is -2.49. The first-order valence-corrected chi connectivity index (χ1v) is 13.9. The highest BCUT2D eigenvalue weighted by atomic mass is 19.4. The van der Waals surface area contributed by atoms with Crippen molar-refractivity contribution in [1.29, 1.82) is 0 Å². The Balaban J connectivity index is 1.60. The van der Waals surface area contributed by atoms with Crippen LogP contribution in [0, 0.1) is 28.6 Å². The van der Waals surface area contributed by atoms with Crippen molar-refractivity contribution in [2.75, 3.05) is 19.0 Å². The number of methoxy groups -OCH3 is 1. The molecule has 3 nitrogen and oxygen atoms in total. The van der Waals surface area contributed by atoms with Crippen molar-refractivity contribution in [3.8, 4) is 0 Å². The molecule has 1 aromatic carbocycles. The number of hydrogen-bond acceptors (Lipinski definition) is 3. The van der Waals surface area contributed by atoms with E-state index in [1.54, 1.807) is 19.3 Å². The summed E-state index contributed by atoms with van der Waals surface area (Å²) >= 11 is 0. The van der Waals surface area contributed by atoms with Crippen LogP contribution in [0.25, 0.3) is 0 Å². The molecule has 0 amide bonds. The average molecular weight is 520 g/mol. The number of fused-ring (bicyclic) bond motifs is 1. The van der Waals surface area contributed by atoms with Gasteiger partial charge in [0.05, 0.1) is 18.4 Å². The standard InChI is InChI=1S/C31H44F3NO2/c1-28(2,3)25-10-9-20(31(32,33)34)18-26(25)35-17-13-22-23-8-7-14-29(23,4)15-12-24(22)30(5)16-11-21(37-6)19-27(30)36/h9-10,18-19,22-24,35H,7-8,11-17H2,1-6H3/t22?,23-,24?,29-,30+/m0/s1. The maximum atomic E-state index is 13.5. The molecule has 206 valence electrons. The van der Waals surface area contributed by atoms with Crippen LogP contribution in [-0.2, 0) is 21.1 Å². The van der Waals surface area contributed by atoms with E-state index in [2.05, 4.69) is 19.2 Å². The minimum Gasteiger partial charge on any atom is -0.501 e. The summed E-state index contributed by atoms with van der Waals surface area (Å²) in [6.07, 6.45) is 5.58. The van der Waals surface area contributed by atoms with Crippen LogP contribution in [0.1, 0.15) is 97.1 Å². The van der Waals surface area contributed by atoms with Gasteiger partial charge in [0.2, 0.25) is 0 Å². The molecule has 0 saturated heterocycles. The van der Waals surface area contributed by atoms with E-state index in [1.807, 2.05) is 20.8 Å². The molecule has 6 heteroatoms. The Labute approximate surface area is 220 Å². The number of carbonyl (C=O) groups excluding carboxylic acids is 1. The normalized spacial score (nSPS) is 32.6. The first-order chi connectivity index (χ1) is 17.2. The van der Waals surface area contributed by atoms with Crippen LogP contribution < -0.4 is 5.32 Å². The molecule has 0 heterocycles. The number of nitrogens with one attached hydrogen (secondary N) is 1. The Morgan fingerprint density at radius 2 is 1.78 bits per heavy atom. The summed E-state index contributed by atoms with van der Waals surface area (Å²) in [6.45, 7) is 11.2. The molecule has 0 bridgehead atoms. The Kier molecular flexibility index (Phi) is 7.55. The third kappa shape index (κ3) is 5.45. The van der Waals surface area contributed by atoms with E-state index in [4.69, 9.17) is 4.74 Å². The second-order valence-electron chi connectivity index (χ2n) is 13.3. The van der Waals surface area contributed by atoms with Gasteiger partial charge in [0, 0.05) is 30.1 Å². The second kappa shape index (κ2) is 9.96. The number of hydrogen-bond donors (Lipinski definition) is 1. The predicted molar refractivity (Wildman–Crippen MR) is 142 cm³/mol. The van der Waals surface area contributed by atoms with E-state index in [-0.39, 0.29) is 17.1 Å². The van der Waals surface area contributed by atoms with E-state index < -0.39 is 17.2 Å². The number of ether oxygens (including phenoxy) is 1. The molecular formula is C31H44F3NO2. The first-order valence-electron chi connectivity index (χ1n) is 13.9. The number of rotatable bonds is 6. The summed E-state index contributed by atoms with van der Waals surface area (Å²) in [4.78, 5) is 13.4. The van der Waals surface area contributed by atoms with E-state index in [1.165, 1.54) is 31.4 Å². The lowest BCUT2D eigenvalue weighted by Gasteiger charge is -2.52. The zero-order valence-electron chi connectivity index (χ0n) is 23.4. The lowest BCUT2D eigenvalue weighted by molar-refractivity contribution is -0.137. The fraction of sp³-hybridized carbons (Fsp3) is 0.710. The number of benzene rings is 1. The third-order valence-corrected chi connectivity index (χ3v) is 9.99. The molecule has 2 unspecified atom stereocenters. The number of anilines is 1. The summed E-state index contributed by atoms with van der Waals surface area (Å²) in [5, 5.41) is 3.42. The van der Waals surface area contributed by atoms with Crippen LogP contribution in [0.4, 0.5) is 18.9 Å². The predicted octanol–water partition coefficient (Wildman–Crippen LogP) is 8.54. The van der Waals surface area contributed by atoms with Crippen LogP contribution in [0.5, 0.6) is 0 Å². The van der Waals surface area contributed by atoms with Crippen LogP contribution in [-0.4, -0.2) is 19.4 Å². The summed E-state index contributed by atoms with van der Waals surface area (Å²) in [5.74, 6) is 2.13. The topological polar surface area (TPSA) is 38.3 Å². The number of alkyl halides is 3. The van der Waals surface area contributed by atoms with Gasteiger partial charge in [0.25, 0.3) is 0 Å². The van der Waals surface area contributed by atoms with E-state index >= 15 is 0 Å². The minimum absolute atomic E-state index is 0.174. The Morgan fingerprint density at radius 1 is 1.05 bits per heavy atom. The average Bonchev–Trinajstić information content (AvgIpc) is 3.21. The first kappa shape index (κ1) is 28.0. The van der Waals surface area contributed by atoms with E-state index in [0.717, 1.165) is 43.4 Å². The van der Waals surface area contributed by atoms with Crippen LogP contribution in [0.2, 0.25) is 0 Å². The quantitative estimate of drug-likeness (QED) is 0.409. The lowest BCUT2D eigenvalue weighted by atomic mass is 9.51.